The van der Waals surface area contributed by atoms with Gasteiger partial charge in [-0.1, -0.05) is 36.4 Å². The van der Waals surface area contributed by atoms with E-state index < -0.39 is 11.6 Å². The minimum atomic E-state index is -0.738. The third kappa shape index (κ3) is 5.70. The Morgan fingerprint density at radius 3 is 2.33 bits per heavy atom. The molecule has 1 saturated heterocycles. The topological polar surface area (TPSA) is 83.1 Å². The van der Waals surface area contributed by atoms with Gasteiger partial charge < -0.3 is 15.4 Å². The number of anilines is 1. The van der Waals surface area contributed by atoms with Gasteiger partial charge in [0.25, 0.3) is 0 Å². The van der Waals surface area contributed by atoms with Crippen LogP contribution in [0.1, 0.15) is 77.6 Å². The summed E-state index contributed by atoms with van der Waals surface area (Å²) in [7, 11) is 1.74. The fraction of sp³-hybridized carbons (Fsp3) is 0.605. The van der Waals surface area contributed by atoms with E-state index in [-0.39, 0.29) is 0 Å². The standard InChI is InChI=1S/C38H49N3O5/c1-25(41-33-23-34(42-2)35(29-9-4-3-5-10-29)32-11-7-17-40-36(32)33)8-6-16-39-24-26-12-14-37(15-13-26)43-45-38(46-44-37)30-19-27-18-28(21-30)22-31(38)20-27/h3-5,7,9-11,17,23,25-28,30-31,39,41H,6,8,12-16,18-22,24H2,1-2H3. The molecule has 1 atom stereocenters. The van der Waals surface area contributed by atoms with E-state index in [0.29, 0.717) is 23.8 Å². The zero-order valence-corrected chi connectivity index (χ0v) is 27.3. The Morgan fingerprint density at radius 2 is 1.63 bits per heavy atom. The molecule has 9 rings (SSSR count). The van der Waals surface area contributed by atoms with Crippen molar-refractivity contribution in [2.45, 2.75) is 95.2 Å². The van der Waals surface area contributed by atoms with Crippen molar-refractivity contribution in [3.63, 3.8) is 0 Å². The van der Waals surface area contributed by atoms with Crippen LogP contribution in [0.25, 0.3) is 22.0 Å². The van der Waals surface area contributed by atoms with Gasteiger partial charge in [-0.2, -0.15) is 19.6 Å². The summed E-state index contributed by atoms with van der Waals surface area (Å²) in [6.07, 6.45) is 13.9. The molecule has 3 aromatic rings. The van der Waals surface area contributed by atoms with Gasteiger partial charge in [0.1, 0.15) is 5.75 Å². The van der Waals surface area contributed by atoms with Crippen LogP contribution in [0.15, 0.2) is 54.7 Å². The second kappa shape index (κ2) is 12.7. The number of fused-ring (bicyclic) bond motifs is 1. The van der Waals surface area contributed by atoms with Crippen molar-refractivity contribution in [1.29, 1.82) is 0 Å². The summed E-state index contributed by atoms with van der Waals surface area (Å²) >= 11 is 0. The number of hydrogen-bond donors (Lipinski definition) is 2. The zero-order chi connectivity index (χ0) is 31.1. The van der Waals surface area contributed by atoms with Gasteiger partial charge in [0.2, 0.25) is 11.6 Å². The van der Waals surface area contributed by atoms with E-state index in [1.54, 1.807) is 7.11 Å². The minimum absolute atomic E-state index is 0.298. The normalized spacial score (nSPS) is 33.9. The number of hydrogen-bond acceptors (Lipinski definition) is 8. The first-order chi connectivity index (χ1) is 22.5. The van der Waals surface area contributed by atoms with Gasteiger partial charge >= 0.3 is 0 Å². The maximum Gasteiger partial charge on any atom is 0.239 e. The van der Waals surface area contributed by atoms with E-state index in [2.05, 4.69) is 54.0 Å². The number of benzene rings is 2. The van der Waals surface area contributed by atoms with E-state index in [4.69, 9.17) is 29.3 Å². The van der Waals surface area contributed by atoms with Crippen LogP contribution in [0, 0.1) is 29.6 Å². The predicted octanol–water partition coefficient (Wildman–Crippen LogP) is 8.03. The minimum Gasteiger partial charge on any atom is -0.496 e. The van der Waals surface area contributed by atoms with Crippen molar-refractivity contribution in [2.75, 3.05) is 25.5 Å². The summed E-state index contributed by atoms with van der Waals surface area (Å²) in [5, 5.41) is 8.54. The van der Waals surface area contributed by atoms with Crippen LogP contribution in [-0.2, 0) is 19.6 Å². The highest BCUT2D eigenvalue weighted by Gasteiger charge is 2.64. The van der Waals surface area contributed by atoms with E-state index in [9.17, 15) is 0 Å². The van der Waals surface area contributed by atoms with Crippen molar-refractivity contribution >= 4 is 16.6 Å². The molecule has 1 unspecified atom stereocenters. The third-order valence-corrected chi connectivity index (χ3v) is 11.8. The zero-order valence-electron chi connectivity index (χ0n) is 27.3. The summed E-state index contributed by atoms with van der Waals surface area (Å²) < 4.78 is 5.88. The highest BCUT2D eigenvalue weighted by molar-refractivity contribution is 6.04. The van der Waals surface area contributed by atoms with E-state index in [1.807, 2.05) is 18.3 Å². The highest BCUT2D eigenvalue weighted by atomic mass is 17.4. The molecule has 0 radical (unpaired) electrons. The SMILES string of the molecule is COc1cc(NC(C)CCCNCC2CCC3(CC2)OOC2(OO3)C3CC4CC(C3)CC2C4)c2ncccc2c1-c1ccccc1. The van der Waals surface area contributed by atoms with Crippen LogP contribution < -0.4 is 15.4 Å². The molecule has 1 aliphatic heterocycles. The molecule has 6 fully saturated rings. The Balaban J connectivity index is 0.788. The fourth-order valence-corrected chi connectivity index (χ4v) is 9.49. The Kier molecular flexibility index (Phi) is 8.44. The van der Waals surface area contributed by atoms with Crippen LogP contribution >= 0.6 is 0 Å². The molecule has 46 heavy (non-hydrogen) atoms. The molecule has 0 amide bonds. The molecule has 5 saturated carbocycles. The molecular weight excluding hydrogens is 578 g/mol. The summed E-state index contributed by atoms with van der Waals surface area (Å²) in [5.41, 5.74) is 4.19. The molecule has 2 heterocycles. The predicted molar refractivity (Wildman–Crippen MR) is 178 cm³/mol. The molecule has 5 aliphatic carbocycles. The number of nitrogens with zero attached hydrogens (tertiary/aromatic N) is 1. The highest BCUT2D eigenvalue weighted by Crippen LogP contribution is 2.62. The van der Waals surface area contributed by atoms with E-state index >= 15 is 0 Å². The lowest BCUT2D eigenvalue weighted by Gasteiger charge is -2.60. The monoisotopic (exact) mass is 627 g/mol. The summed E-state index contributed by atoms with van der Waals surface area (Å²) in [5.74, 6) is 2.58. The van der Waals surface area contributed by atoms with Crippen molar-refractivity contribution < 1.29 is 24.3 Å². The second-order valence-corrected chi connectivity index (χ2v) is 14.9. The smallest absolute Gasteiger partial charge is 0.239 e. The maximum absolute atomic E-state index is 6.23. The quantitative estimate of drug-likeness (QED) is 0.173. The Hall–Kier alpha value is -2.75. The maximum atomic E-state index is 6.23. The van der Waals surface area contributed by atoms with E-state index in [0.717, 1.165) is 96.9 Å². The van der Waals surface area contributed by atoms with Gasteiger partial charge in [0, 0.05) is 53.9 Å². The van der Waals surface area contributed by atoms with Crippen molar-refractivity contribution in [2.24, 2.45) is 29.6 Å². The molecule has 1 aromatic heterocycles. The fourth-order valence-electron chi connectivity index (χ4n) is 9.49. The lowest BCUT2D eigenvalue weighted by atomic mass is 9.53. The largest absolute Gasteiger partial charge is 0.496 e. The van der Waals surface area contributed by atoms with E-state index in [1.165, 1.54) is 32.1 Å². The van der Waals surface area contributed by atoms with Crippen LogP contribution in [-0.4, -0.2) is 42.8 Å². The van der Waals surface area contributed by atoms with Gasteiger partial charge in [-0.15, -0.1) is 0 Å². The van der Waals surface area contributed by atoms with Crippen molar-refractivity contribution in [3.8, 4) is 16.9 Å². The number of pyridine rings is 1. The molecule has 6 aliphatic rings. The average molecular weight is 628 g/mol. The van der Waals surface area contributed by atoms with Crippen LogP contribution in [0.5, 0.6) is 5.75 Å². The average Bonchev–Trinajstić information content (AvgIpc) is 3.09. The molecule has 4 bridgehead atoms. The lowest BCUT2D eigenvalue weighted by molar-refractivity contribution is -0.680. The van der Waals surface area contributed by atoms with Crippen LogP contribution in [0.2, 0.25) is 0 Å². The summed E-state index contributed by atoms with van der Waals surface area (Å²) in [6, 6.07) is 16.9. The first-order valence-corrected chi connectivity index (χ1v) is 17.8. The van der Waals surface area contributed by atoms with Gasteiger partial charge in [0.15, 0.2) is 0 Å². The number of rotatable bonds is 10. The van der Waals surface area contributed by atoms with Crippen molar-refractivity contribution in [3.05, 3.63) is 54.7 Å². The number of nitrogens with one attached hydrogen (secondary N) is 2. The van der Waals surface area contributed by atoms with Gasteiger partial charge in [-0.3, -0.25) is 4.98 Å². The number of methoxy groups -OCH3 is 1. The van der Waals surface area contributed by atoms with Gasteiger partial charge in [-0.05, 0) is 107 Å². The number of ether oxygens (including phenoxy) is 1. The molecule has 2 spiro atoms. The van der Waals surface area contributed by atoms with Crippen LogP contribution in [0.3, 0.4) is 0 Å². The molecule has 8 nitrogen and oxygen atoms in total. The van der Waals surface area contributed by atoms with Crippen LogP contribution in [0.4, 0.5) is 5.69 Å². The summed E-state index contributed by atoms with van der Waals surface area (Å²) in [4.78, 5) is 29.5. The molecule has 8 heteroatoms. The molecule has 2 N–H and O–H groups in total. The van der Waals surface area contributed by atoms with Crippen molar-refractivity contribution in [1.82, 2.24) is 10.3 Å². The number of aromatic nitrogens is 1. The van der Waals surface area contributed by atoms with Gasteiger partial charge in [0.05, 0.1) is 18.3 Å². The molecule has 246 valence electrons. The summed E-state index contributed by atoms with van der Waals surface area (Å²) in [6.45, 7) is 4.26. The first-order valence-electron chi connectivity index (χ1n) is 17.8. The Bertz CT molecular complexity index is 1470. The molecule has 2 aromatic carbocycles. The Morgan fingerprint density at radius 1 is 0.913 bits per heavy atom. The Labute approximate surface area is 272 Å². The first kappa shape index (κ1) is 30.6. The van der Waals surface area contributed by atoms with Gasteiger partial charge in [-0.25, -0.2) is 0 Å². The molecular formula is C38H49N3O5. The lowest BCUT2D eigenvalue weighted by Crippen LogP contribution is -2.64. The third-order valence-electron chi connectivity index (χ3n) is 11.8. The second-order valence-electron chi connectivity index (χ2n) is 14.9.